The van der Waals surface area contributed by atoms with Crippen molar-refractivity contribution in [1.82, 2.24) is 4.57 Å². The summed E-state index contributed by atoms with van der Waals surface area (Å²) in [5.41, 5.74) is 2.92. The number of hydrogen-bond donors (Lipinski definition) is 2. The molecule has 0 amide bonds. The summed E-state index contributed by atoms with van der Waals surface area (Å²) in [5, 5.41) is 32.5. The van der Waals surface area contributed by atoms with E-state index in [1.54, 1.807) is 24.3 Å². The molecule has 1 aromatic heterocycles. The van der Waals surface area contributed by atoms with Crippen molar-refractivity contribution in [2.45, 2.75) is 24.9 Å². The monoisotopic (exact) mass is 390 g/mol. The smallest absolute Gasteiger partial charge is 0.269 e. The first kappa shape index (κ1) is 17.4. The second kappa shape index (κ2) is 6.41. The van der Waals surface area contributed by atoms with Crippen LogP contribution in [0, 0.1) is 10.1 Å². The maximum atomic E-state index is 10.8. The van der Waals surface area contributed by atoms with Crippen molar-refractivity contribution < 1.29 is 19.9 Å². The molecule has 2 N–H and O–H groups in total. The van der Waals surface area contributed by atoms with Crippen LogP contribution in [0.15, 0.2) is 60.7 Å². The third kappa shape index (κ3) is 2.66. The van der Waals surface area contributed by atoms with Crippen LogP contribution in [0.25, 0.3) is 5.69 Å². The Morgan fingerprint density at radius 1 is 1.00 bits per heavy atom. The Bertz CT molecular complexity index is 1110. The summed E-state index contributed by atoms with van der Waals surface area (Å²) in [6.07, 6.45) is 5.05. The van der Waals surface area contributed by atoms with Crippen molar-refractivity contribution in [1.29, 1.82) is 0 Å². The molecule has 0 fully saturated rings. The molecule has 0 spiro atoms. The number of fused-ring (bicyclic) bond motifs is 5. The molecule has 2 aliphatic rings. The lowest BCUT2D eigenvalue weighted by Gasteiger charge is -2.15. The Morgan fingerprint density at radius 2 is 1.62 bits per heavy atom. The molecular weight excluding hydrogens is 372 g/mol. The van der Waals surface area contributed by atoms with E-state index in [-0.39, 0.29) is 35.9 Å². The van der Waals surface area contributed by atoms with Crippen molar-refractivity contribution >= 4 is 5.69 Å². The third-order valence-electron chi connectivity index (χ3n) is 5.67. The van der Waals surface area contributed by atoms with Crippen LogP contribution in [0.4, 0.5) is 5.69 Å². The zero-order valence-corrected chi connectivity index (χ0v) is 15.4. The maximum absolute atomic E-state index is 10.8. The van der Waals surface area contributed by atoms with Gasteiger partial charge in [-0.2, -0.15) is 0 Å². The highest BCUT2D eigenvalue weighted by Gasteiger charge is 2.41. The van der Waals surface area contributed by atoms with E-state index < -0.39 is 4.92 Å². The molecule has 2 unspecified atom stereocenters. The van der Waals surface area contributed by atoms with Crippen LogP contribution in [0.1, 0.15) is 34.9 Å². The zero-order valence-electron chi connectivity index (χ0n) is 15.4. The van der Waals surface area contributed by atoms with Crippen LogP contribution >= 0.6 is 0 Å². The summed E-state index contributed by atoms with van der Waals surface area (Å²) >= 11 is 0. The Labute approximate surface area is 166 Å². The van der Waals surface area contributed by atoms with Gasteiger partial charge in [0.15, 0.2) is 0 Å². The topological polar surface area (TPSA) is 97.8 Å². The molecule has 3 aromatic rings. The van der Waals surface area contributed by atoms with E-state index in [4.69, 9.17) is 4.74 Å². The number of para-hydroxylation sites is 2. The lowest BCUT2D eigenvalue weighted by atomic mass is 10.0. The first-order valence-electron chi connectivity index (χ1n) is 9.35. The van der Waals surface area contributed by atoms with Gasteiger partial charge in [-0.3, -0.25) is 10.1 Å². The minimum absolute atomic E-state index is 0.0223. The molecule has 2 aliphatic carbocycles. The summed E-state index contributed by atoms with van der Waals surface area (Å²) < 4.78 is 7.36. The lowest BCUT2D eigenvalue weighted by molar-refractivity contribution is -0.384. The van der Waals surface area contributed by atoms with Gasteiger partial charge in [0.2, 0.25) is 11.8 Å². The standard InChI is InChI=1S/C22H18N2O5/c25-21-19-14-7-8-15(11-14)20(19)22(26)23(21)17-3-1-2-4-18(17)29-12-13-5-9-16(10-6-13)24(27)28/h1-10,14-15,25-26H,11-12H2. The molecule has 0 aliphatic heterocycles. The highest BCUT2D eigenvalue weighted by molar-refractivity contribution is 5.64. The second-order valence-corrected chi connectivity index (χ2v) is 7.32. The first-order valence-corrected chi connectivity index (χ1v) is 9.35. The van der Waals surface area contributed by atoms with Gasteiger partial charge in [-0.25, -0.2) is 4.57 Å². The molecule has 1 heterocycles. The van der Waals surface area contributed by atoms with Crippen molar-refractivity contribution in [3.05, 3.63) is 87.5 Å². The number of allylic oxidation sites excluding steroid dienone is 2. The number of aromatic nitrogens is 1. The number of nitrogens with zero attached hydrogens (tertiary/aromatic N) is 2. The van der Waals surface area contributed by atoms with Crippen LogP contribution in [0.5, 0.6) is 17.5 Å². The average Bonchev–Trinajstić information content (AvgIpc) is 3.41. The molecule has 0 saturated heterocycles. The quantitative estimate of drug-likeness (QED) is 0.379. The molecule has 2 aromatic carbocycles. The van der Waals surface area contributed by atoms with Crippen LogP contribution in [-0.4, -0.2) is 19.7 Å². The Kier molecular flexibility index (Phi) is 3.84. The van der Waals surface area contributed by atoms with Gasteiger partial charge in [0.25, 0.3) is 5.69 Å². The van der Waals surface area contributed by atoms with E-state index >= 15 is 0 Å². The molecular formula is C22H18N2O5. The highest BCUT2D eigenvalue weighted by Crippen LogP contribution is 2.57. The van der Waals surface area contributed by atoms with E-state index in [1.807, 2.05) is 12.1 Å². The van der Waals surface area contributed by atoms with Gasteiger partial charge in [0, 0.05) is 35.1 Å². The first-order chi connectivity index (χ1) is 14.0. The molecule has 29 heavy (non-hydrogen) atoms. The number of ether oxygens (including phenoxy) is 1. The summed E-state index contributed by atoms with van der Waals surface area (Å²) in [4.78, 5) is 10.3. The van der Waals surface area contributed by atoms with E-state index in [1.165, 1.54) is 16.7 Å². The van der Waals surface area contributed by atoms with E-state index in [0.717, 1.165) is 23.1 Å². The van der Waals surface area contributed by atoms with Gasteiger partial charge in [-0.15, -0.1) is 0 Å². The third-order valence-corrected chi connectivity index (χ3v) is 5.67. The van der Waals surface area contributed by atoms with Crippen molar-refractivity contribution in [2.75, 3.05) is 0 Å². The number of nitro groups is 1. The van der Waals surface area contributed by atoms with E-state index in [2.05, 4.69) is 12.2 Å². The number of rotatable bonds is 5. The molecule has 5 rings (SSSR count). The van der Waals surface area contributed by atoms with Crippen LogP contribution < -0.4 is 4.74 Å². The molecule has 2 atom stereocenters. The van der Waals surface area contributed by atoms with Gasteiger partial charge < -0.3 is 14.9 Å². The van der Waals surface area contributed by atoms with Gasteiger partial charge in [0.1, 0.15) is 12.4 Å². The predicted octanol–water partition coefficient (Wildman–Crippen LogP) is 4.52. The van der Waals surface area contributed by atoms with Gasteiger partial charge in [-0.05, 0) is 36.2 Å². The fourth-order valence-electron chi connectivity index (χ4n) is 4.31. The predicted molar refractivity (Wildman–Crippen MR) is 106 cm³/mol. The summed E-state index contributed by atoms with van der Waals surface area (Å²) in [6.45, 7) is 0.199. The summed E-state index contributed by atoms with van der Waals surface area (Å²) in [7, 11) is 0. The number of hydrogen-bond acceptors (Lipinski definition) is 5. The molecule has 2 bridgehead atoms. The van der Waals surface area contributed by atoms with Gasteiger partial charge >= 0.3 is 0 Å². The van der Waals surface area contributed by atoms with E-state index in [9.17, 15) is 20.3 Å². The normalized spacial score (nSPS) is 18.8. The van der Waals surface area contributed by atoms with Gasteiger partial charge in [-0.1, -0.05) is 24.3 Å². The van der Waals surface area contributed by atoms with Crippen molar-refractivity contribution in [3.63, 3.8) is 0 Å². The molecule has 7 nitrogen and oxygen atoms in total. The minimum Gasteiger partial charge on any atom is -0.494 e. The fraction of sp³-hybridized carbons (Fsp3) is 0.182. The van der Waals surface area contributed by atoms with Crippen molar-refractivity contribution in [2.24, 2.45) is 0 Å². The number of benzene rings is 2. The fourth-order valence-corrected chi connectivity index (χ4v) is 4.31. The lowest BCUT2D eigenvalue weighted by Crippen LogP contribution is -2.02. The summed E-state index contributed by atoms with van der Waals surface area (Å²) in [5.74, 6) is 0.845. The Morgan fingerprint density at radius 3 is 2.24 bits per heavy atom. The largest absolute Gasteiger partial charge is 0.494 e. The number of nitro benzene ring substituents is 1. The Hall–Kier alpha value is -3.74. The number of non-ortho nitro benzene ring substituents is 1. The van der Waals surface area contributed by atoms with Crippen LogP contribution in [0.3, 0.4) is 0 Å². The van der Waals surface area contributed by atoms with Crippen molar-refractivity contribution in [3.8, 4) is 23.2 Å². The minimum atomic E-state index is -0.446. The van der Waals surface area contributed by atoms with Crippen LogP contribution in [-0.2, 0) is 6.61 Å². The zero-order chi connectivity index (χ0) is 20.1. The molecule has 0 radical (unpaired) electrons. The molecule has 146 valence electrons. The SMILES string of the molecule is O=[N+]([O-])c1ccc(COc2ccccc2-n2c(O)c3c(c2O)C2C=CC3C2)cc1. The Balaban J connectivity index is 1.46. The maximum Gasteiger partial charge on any atom is 0.269 e. The molecule has 0 saturated carbocycles. The molecule has 7 heteroatoms. The highest BCUT2D eigenvalue weighted by atomic mass is 16.6. The summed E-state index contributed by atoms with van der Waals surface area (Å²) in [6, 6.07) is 13.3. The van der Waals surface area contributed by atoms with Gasteiger partial charge in [0.05, 0.1) is 10.6 Å². The van der Waals surface area contributed by atoms with E-state index in [0.29, 0.717) is 11.4 Å². The van der Waals surface area contributed by atoms with Crippen LogP contribution in [0.2, 0.25) is 0 Å². The average molecular weight is 390 g/mol. The second-order valence-electron chi connectivity index (χ2n) is 7.32. The number of aromatic hydroxyl groups is 2.